The van der Waals surface area contributed by atoms with E-state index in [4.69, 9.17) is 6.42 Å². The molecule has 1 aromatic rings. The number of hydrogen-bond donors (Lipinski definition) is 0. The summed E-state index contributed by atoms with van der Waals surface area (Å²) in [5.41, 5.74) is -0.411. The first-order chi connectivity index (χ1) is 11.6. The summed E-state index contributed by atoms with van der Waals surface area (Å²) in [5.74, 6) is 2.72. The van der Waals surface area contributed by atoms with Crippen molar-refractivity contribution in [3.05, 3.63) is 18.2 Å². The minimum atomic E-state index is -0.456. The molecule has 1 saturated heterocycles. The zero-order chi connectivity index (χ0) is 17.0. The van der Waals surface area contributed by atoms with E-state index in [0.717, 1.165) is 12.4 Å². The third-order valence-corrected chi connectivity index (χ3v) is 4.31. The molecule has 0 atom stereocenters. The van der Waals surface area contributed by atoms with E-state index in [1.54, 1.807) is 0 Å². The normalized spacial score (nSPS) is 18.3. The first-order valence-electron chi connectivity index (χ1n) is 8.00. The van der Waals surface area contributed by atoms with Gasteiger partial charge in [-0.05, 0) is 0 Å². The molecule has 0 saturated carbocycles. The number of piperazine rings is 1. The van der Waals surface area contributed by atoms with Crippen LogP contribution >= 0.6 is 0 Å². The number of nitrogens with zero attached hydrogens (tertiary/aromatic N) is 6. The molecule has 1 fully saturated rings. The molecule has 0 unspecified atom stereocenters. The summed E-state index contributed by atoms with van der Waals surface area (Å²) in [6, 6.07) is 0. The fourth-order valence-corrected chi connectivity index (χ4v) is 2.76. The van der Waals surface area contributed by atoms with Crippen LogP contribution in [-0.4, -0.2) is 52.6 Å². The quantitative estimate of drug-likeness (QED) is 0.743. The van der Waals surface area contributed by atoms with E-state index in [2.05, 4.69) is 26.1 Å². The van der Waals surface area contributed by atoms with E-state index < -0.39 is 11.5 Å². The Hall–Kier alpha value is -2.56. The van der Waals surface area contributed by atoms with Crippen LogP contribution in [0.1, 0.15) is 25.7 Å². The lowest BCUT2D eigenvalue weighted by atomic mass is 10.0. The van der Waals surface area contributed by atoms with Gasteiger partial charge in [-0.15, -0.1) is 12.3 Å². The van der Waals surface area contributed by atoms with E-state index in [0.29, 0.717) is 57.8 Å². The molecule has 7 nitrogen and oxygen atoms in total. The molecule has 8 heteroatoms. The Morgan fingerprint density at radius 3 is 2.46 bits per heavy atom. The number of amides is 1. The number of carbonyl (C=O) groups is 1. The zero-order valence-corrected chi connectivity index (χ0v) is 13.4. The first-order valence-corrected chi connectivity index (χ1v) is 8.00. The molecule has 0 radical (unpaired) electrons. The summed E-state index contributed by atoms with van der Waals surface area (Å²) in [6.45, 7) is 2.47. The molecule has 126 valence electrons. The second kappa shape index (κ2) is 6.91. The summed E-state index contributed by atoms with van der Waals surface area (Å²) < 4.78 is 12.9. The molecule has 2 aliphatic heterocycles. The van der Waals surface area contributed by atoms with E-state index in [9.17, 15) is 9.18 Å². The average molecular weight is 330 g/mol. The maximum Gasteiger partial charge on any atom is 0.225 e. The topological polar surface area (TPSA) is 74.1 Å². The second-order valence-electron chi connectivity index (χ2n) is 5.96. The largest absolute Gasteiger partial charge is 0.339 e. The van der Waals surface area contributed by atoms with Crippen molar-refractivity contribution in [2.75, 3.05) is 31.1 Å². The van der Waals surface area contributed by atoms with Crippen molar-refractivity contribution in [3.8, 4) is 12.3 Å². The maximum atomic E-state index is 12.9. The molecule has 0 spiro atoms. The van der Waals surface area contributed by atoms with Crippen molar-refractivity contribution < 1.29 is 9.18 Å². The lowest BCUT2D eigenvalue weighted by Gasteiger charge is -2.34. The molecule has 0 bridgehead atoms. The monoisotopic (exact) mass is 330 g/mol. The van der Waals surface area contributed by atoms with Crippen molar-refractivity contribution in [2.24, 2.45) is 10.2 Å². The molecule has 0 aliphatic carbocycles. The lowest BCUT2D eigenvalue weighted by molar-refractivity contribution is -0.131. The standard InChI is InChI=1S/C16H19FN6O/c1-2-3-5-16(20-21-16)6-4-14(24)22-7-9-23(10-8-22)15-18-11-13(17)12-19-15/h1,11-12H,3-10H2. The van der Waals surface area contributed by atoms with Gasteiger partial charge in [-0.25, -0.2) is 14.4 Å². The third kappa shape index (κ3) is 3.85. The summed E-state index contributed by atoms with van der Waals surface area (Å²) in [4.78, 5) is 24.1. The Morgan fingerprint density at radius 2 is 1.88 bits per heavy atom. The highest BCUT2D eigenvalue weighted by atomic mass is 19.1. The van der Waals surface area contributed by atoms with Crippen molar-refractivity contribution >= 4 is 11.9 Å². The van der Waals surface area contributed by atoms with Gasteiger partial charge in [0, 0.05) is 51.9 Å². The van der Waals surface area contributed by atoms with Gasteiger partial charge in [0.05, 0.1) is 12.4 Å². The highest BCUT2D eigenvalue weighted by Gasteiger charge is 2.39. The Morgan fingerprint density at radius 1 is 1.21 bits per heavy atom. The molecular formula is C16H19FN6O. The molecule has 0 N–H and O–H groups in total. The van der Waals surface area contributed by atoms with Crippen LogP contribution in [0.3, 0.4) is 0 Å². The highest BCUT2D eigenvalue weighted by Crippen LogP contribution is 2.37. The smallest absolute Gasteiger partial charge is 0.225 e. The number of hydrogen-bond acceptors (Lipinski definition) is 6. The van der Waals surface area contributed by atoms with Gasteiger partial charge in [-0.2, -0.15) is 10.2 Å². The zero-order valence-electron chi connectivity index (χ0n) is 13.4. The number of anilines is 1. The van der Waals surface area contributed by atoms with Gasteiger partial charge in [-0.1, -0.05) is 0 Å². The van der Waals surface area contributed by atoms with Crippen LogP contribution in [0.25, 0.3) is 0 Å². The number of carbonyl (C=O) groups excluding carboxylic acids is 1. The minimum absolute atomic E-state index is 0.104. The van der Waals surface area contributed by atoms with Crippen molar-refractivity contribution in [1.82, 2.24) is 14.9 Å². The fraction of sp³-hybridized carbons (Fsp3) is 0.562. The van der Waals surface area contributed by atoms with Crippen molar-refractivity contribution in [2.45, 2.75) is 31.3 Å². The van der Waals surface area contributed by atoms with Gasteiger partial charge >= 0.3 is 0 Å². The summed E-state index contributed by atoms with van der Waals surface area (Å²) >= 11 is 0. The van der Waals surface area contributed by atoms with Crippen LogP contribution in [0, 0.1) is 18.2 Å². The number of aromatic nitrogens is 2. The number of rotatable bonds is 6. The van der Waals surface area contributed by atoms with Crippen molar-refractivity contribution in [3.63, 3.8) is 0 Å². The van der Waals surface area contributed by atoms with Gasteiger partial charge in [0.1, 0.15) is 0 Å². The summed E-state index contributed by atoms with van der Waals surface area (Å²) in [6.07, 6.45) is 9.94. The Kier molecular flexibility index (Phi) is 4.69. The third-order valence-electron chi connectivity index (χ3n) is 4.31. The van der Waals surface area contributed by atoms with Crippen LogP contribution in [-0.2, 0) is 4.79 Å². The van der Waals surface area contributed by atoms with Crippen LogP contribution < -0.4 is 4.90 Å². The van der Waals surface area contributed by atoms with Gasteiger partial charge in [-0.3, -0.25) is 4.79 Å². The van der Waals surface area contributed by atoms with E-state index in [1.807, 2.05) is 9.80 Å². The van der Waals surface area contributed by atoms with Gasteiger partial charge in [0.25, 0.3) is 0 Å². The molecule has 3 rings (SSSR count). The Labute approximate surface area is 140 Å². The molecule has 0 aromatic carbocycles. The highest BCUT2D eigenvalue weighted by molar-refractivity contribution is 5.76. The molecule has 1 amide bonds. The Bertz CT molecular complexity index is 654. The Balaban J connectivity index is 1.44. The summed E-state index contributed by atoms with van der Waals surface area (Å²) in [7, 11) is 0. The van der Waals surface area contributed by atoms with Gasteiger partial charge < -0.3 is 9.80 Å². The molecular weight excluding hydrogens is 311 g/mol. The van der Waals surface area contributed by atoms with Crippen molar-refractivity contribution in [1.29, 1.82) is 0 Å². The van der Waals surface area contributed by atoms with Gasteiger partial charge in [0.15, 0.2) is 11.5 Å². The SMILES string of the molecule is C#CCCC1(CCC(=O)N2CCN(c3ncc(F)cn3)CC2)N=N1. The van der Waals surface area contributed by atoms with E-state index in [-0.39, 0.29) is 5.91 Å². The van der Waals surface area contributed by atoms with Crippen LogP contribution in [0.15, 0.2) is 22.6 Å². The van der Waals surface area contributed by atoms with Crippen LogP contribution in [0.4, 0.5) is 10.3 Å². The molecule has 1 aromatic heterocycles. The molecule has 24 heavy (non-hydrogen) atoms. The minimum Gasteiger partial charge on any atom is -0.339 e. The average Bonchev–Trinajstić information content (AvgIpc) is 3.39. The van der Waals surface area contributed by atoms with E-state index in [1.165, 1.54) is 0 Å². The fourth-order valence-electron chi connectivity index (χ4n) is 2.76. The molecule has 3 heterocycles. The van der Waals surface area contributed by atoms with Crippen LogP contribution in [0.5, 0.6) is 0 Å². The van der Waals surface area contributed by atoms with E-state index >= 15 is 0 Å². The van der Waals surface area contributed by atoms with Crippen LogP contribution in [0.2, 0.25) is 0 Å². The maximum absolute atomic E-state index is 12.9. The summed E-state index contributed by atoms with van der Waals surface area (Å²) in [5, 5.41) is 8.10. The number of halogens is 1. The predicted molar refractivity (Wildman–Crippen MR) is 85.7 cm³/mol. The predicted octanol–water partition coefficient (Wildman–Crippen LogP) is 1.62. The first kappa shape index (κ1) is 16.3. The second-order valence-corrected chi connectivity index (χ2v) is 5.96. The molecule has 2 aliphatic rings. The van der Waals surface area contributed by atoms with Gasteiger partial charge in [0.2, 0.25) is 11.9 Å². The number of terminal acetylenes is 1. The lowest BCUT2D eigenvalue weighted by Crippen LogP contribution is -2.49.